The molecule has 0 bridgehead atoms. The molecule has 0 atom stereocenters. The van der Waals surface area contributed by atoms with Crippen LogP contribution in [-0.2, 0) is 6.42 Å². The van der Waals surface area contributed by atoms with Crippen LogP contribution >= 0.6 is 0 Å². The van der Waals surface area contributed by atoms with E-state index >= 15 is 0 Å². The van der Waals surface area contributed by atoms with Crippen LogP contribution in [0.15, 0.2) is 36.7 Å². The smallest absolute Gasteiger partial charge is 0.0829 e. The first kappa shape index (κ1) is 17.7. The summed E-state index contributed by atoms with van der Waals surface area (Å²) in [5.41, 5.74) is 3.04. The van der Waals surface area contributed by atoms with Crippen LogP contribution in [0.5, 0.6) is 0 Å². The van der Waals surface area contributed by atoms with Gasteiger partial charge in [-0.3, -0.25) is 0 Å². The molecule has 0 saturated heterocycles. The molecule has 1 aromatic carbocycles. The monoisotopic (exact) mass is 328 g/mol. The standard InChI is InChI=1S/C23H33F/c1-2-3-18-4-8-20(9-5-18)22-12-14-23(15-13-22)21-10-6-19(7-11-21)16-17-24/h4-5,8-9,16-17,19,21-23H,2-3,6-7,10-15H2,1H3. The lowest BCUT2D eigenvalue weighted by molar-refractivity contribution is 0.171. The fourth-order valence-corrected chi connectivity index (χ4v) is 5.08. The Hall–Kier alpha value is -1.11. The number of benzene rings is 1. The third kappa shape index (κ3) is 4.49. The van der Waals surface area contributed by atoms with Gasteiger partial charge in [-0.1, -0.05) is 43.7 Å². The van der Waals surface area contributed by atoms with Gasteiger partial charge in [-0.15, -0.1) is 0 Å². The summed E-state index contributed by atoms with van der Waals surface area (Å²) in [6, 6.07) is 9.43. The molecular weight excluding hydrogens is 295 g/mol. The van der Waals surface area contributed by atoms with Gasteiger partial charge in [0.2, 0.25) is 0 Å². The van der Waals surface area contributed by atoms with Crippen LogP contribution in [-0.4, -0.2) is 0 Å². The second kappa shape index (κ2) is 8.83. The lowest BCUT2D eigenvalue weighted by atomic mass is 9.68. The minimum atomic E-state index is 0.504. The number of aryl methyl sites for hydroxylation is 1. The minimum Gasteiger partial charge on any atom is -0.216 e. The molecule has 0 heterocycles. The van der Waals surface area contributed by atoms with Gasteiger partial charge in [0.05, 0.1) is 6.33 Å². The quantitative estimate of drug-likeness (QED) is 0.536. The number of halogens is 1. The van der Waals surface area contributed by atoms with E-state index in [1.54, 1.807) is 11.6 Å². The lowest BCUT2D eigenvalue weighted by Crippen LogP contribution is -2.25. The average molecular weight is 329 g/mol. The molecule has 2 aliphatic carbocycles. The zero-order chi connectivity index (χ0) is 16.8. The summed E-state index contributed by atoms with van der Waals surface area (Å²) in [6.07, 6.45) is 15.5. The number of hydrogen-bond donors (Lipinski definition) is 0. The van der Waals surface area contributed by atoms with Crippen molar-refractivity contribution in [1.82, 2.24) is 0 Å². The molecule has 0 N–H and O–H groups in total. The second-order valence-corrected chi connectivity index (χ2v) is 8.10. The molecule has 3 rings (SSSR count). The SMILES string of the molecule is CCCc1ccc(C2CCC(C3CCC(C=CF)CC3)CC2)cc1. The van der Waals surface area contributed by atoms with Gasteiger partial charge >= 0.3 is 0 Å². The molecule has 132 valence electrons. The largest absolute Gasteiger partial charge is 0.216 e. The molecule has 0 nitrogen and oxygen atoms in total. The van der Waals surface area contributed by atoms with Gasteiger partial charge in [-0.2, -0.15) is 0 Å². The van der Waals surface area contributed by atoms with Crippen molar-refractivity contribution in [3.8, 4) is 0 Å². The molecule has 2 saturated carbocycles. The molecule has 0 spiro atoms. The van der Waals surface area contributed by atoms with Crippen molar-refractivity contribution < 1.29 is 4.39 Å². The maximum Gasteiger partial charge on any atom is 0.0829 e. The average Bonchev–Trinajstić information content (AvgIpc) is 2.64. The molecule has 1 aromatic rings. The van der Waals surface area contributed by atoms with Crippen LogP contribution < -0.4 is 0 Å². The third-order valence-corrected chi connectivity index (χ3v) is 6.59. The van der Waals surface area contributed by atoms with Gasteiger partial charge in [0.1, 0.15) is 0 Å². The van der Waals surface area contributed by atoms with Crippen molar-refractivity contribution in [2.75, 3.05) is 0 Å². The van der Waals surface area contributed by atoms with Crippen molar-refractivity contribution in [3.05, 3.63) is 47.8 Å². The van der Waals surface area contributed by atoms with Crippen molar-refractivity contribution in [3.63, 3.8) is 0 Å². The first-order valence-corrected chi connectivity index (χ1v) is 10.2. The molecule has 2 fully saturated rings. The van der Waals surface area contributed by atoms with E-state index in [1.807, 2.05) is 0 Å². The lowest BCUT2D eigenvalue weighted by Gasteiger charge is -2.37. The van der Waals surface area contributed by atoms with Gasteiger partial charge in [0.25, 0.3) is 0 Å². The Labute approximate surface area is 147 Å². The van der Waals surface area contributed by atoms with Gasteiger partial charge in [-0.05, 0) is 92.6 Å². The highest BCUT2D eigenvalue weighted by atomic mass is 19.1. The minimum absolute atomic E-state index is 0.504. The first-order chi connectivity index (χ1) is 11.8. The van der Waals surface area contributed by atoms with Crippen LogP contribution in [0.1, 0.15) is 81.8 Å². The topological polar surface area (TPSA) is 0 Å². The highest BCUT2D eigenvalue weighted by Gasteiger charge is 2.30. The molecule has 0 aromatic heterocycles. The normalized spacial score (nSPS) is 31.4. The Bertz CT molecular complexity index is 499. The van der Waals surface area contributed by atoms with Gasteiger partial charge in [-0.25, -0.2) is 4.39 Å². The predicted molar refractivity (Wildman–Crippen MR) is 101 cm³/mol. The molecule has 1 heteroatoms. The van der Waals surface area contributed by atoms with Gasteiger partial charge < -0.3 is 0 Å². The van der Waals surface area contributed by atoms with E-state index < -0.39 is 0 Å². The van der Waals surface area contributed by atoms with E-state index in [1.165, 1.54) is 69.8 Å². The molecular formula is C23H33F. The maximum atomic E-state index is 12.3. The van der Waals surface area contributed by atoms with Crippen LogP contribution in [0.4, 0.5) is 4.39 Å². The highest BCUT2D eigenvalue weighted by Crippen LogP contribution is 2.44. The summed E-state index contributed by atoms with van der Waals surface area (Å²) in [4.78, 5) is 0. The zero-order valence-corrected chi connectivity index (χ0v) is 15.2. The third-order valence-electron chi connectivity index (χ3n) is 6.59. The van der Waals surface area contributed by atoms with Crippen molar-refractivity contribution in [2.45, 2.75) is 77.0 Å². The zero-order valence-electron chi connectivity index (χ0n) is 15.2. The van der Waals surface area contributed by atoms with E-state index in [2.05, 4.69) is 31.2 Å². The van der Waals surface area contributed by atoms with Crippen molar-refractivity contribution in [2.24, 2.45) is 17.8 Å². The van der Waals surface area contributed by atoms with E-state index in [9.17, 15) is 4.39 Å². The summed E-state index contributed by atoms with van der Waals surface area (Å²) in [7, 11) is 0. The van der Waals surface area contributed by atoms with Gasteiger partial charge in [0, 0.05) is 0 Å². The number of hydrogen-bond acceptors (Lipinski definition) is 0. The molecule has 24 heavy (non-hydrogen) atoms. The fourth-order valence-electron chi connectivity index (χ4n) is 5.08. The summed E-state index contributed by atoms with van der Waals surface area (Å²) in [5, 5.41) is 0. The van der Waals surface area contributed by atoms with Gasteiger partial charge in [0.15, 0.2) is 0 Å². The Kier molecular flexibility index (Phi) is 6.51. The Morgan fingerprint density at radius 3 is 2.00 bits per heavy atom. The highest BCUT2D eigenvalue weighted by molar-refractivity contribution is 5.26. The predicted octanol–water partition coefficient (Wildman–Crippen LogP) is 7.20. The molecule has 2 aliphatic rings. The Morgan fingerprint density at radius 1 is 0.875 bits per heavy atom. The maximum absolute atomic E-state index is 12.3. The molecule has 0 unspecified atom stereocenters. The molecule has 0 amide bonds. The van der Waals surface area contributed by atoms with Crippen molar-refractivity contribution >= 4 is 0 Å². The summed E-state index contributed by atoms with van der Waals surface area (Å²) in [5.74, 6) is 3.12. The van der Waals surface area contributed by atoms with Crippen molar-refractivity contribution in [1.29, 1.82) is 0 Å². The molecule has 0 aliphatic heterocycles. The number of rotatable bonds is 5. The Balaban J connectivity index is 1.47. The first-order valence-electron chi connectivity index (χ1n) is 10.2. The van der Waals surface area contributed by atoms with Crippen LogP contribution in [0.2, 0.25) is 0 Å². The Morgan fingerprint density at radius 2 is 1.46 bits per heavy atom. The van der Waals surface area contributed by atoms with Crippen LogP contribution in [0, 0.1) is 17.8 Å². The van der Waals surface area contributed by atoms with E-state index in [4.69, 9.17) is 0 Å². The molecule has 0 radical (unpaired) electrons. The summed E-state index contributed by atoms with van der Waals surface area (Å²) in [6.45, 7) is 2.25. The van der Waals surface area contributed by atoms with Crippen LogP contribution in [0.3, 0.4) is 0 Å². The van der Waals surface area contributed by atoms with E-state index in [0.717, 1.165) is 24.1 Å². The number of allylic oxidation sites excluding steroid dienone is 1. The summed E-state index contributed by atoms with van der Waals surface area (Å²) < 4.78 is 12.3. The fraction of sp³-hybridized carbons (Fsp3) is 0.652. The second-order valence-electron chi connectivity index (χ2n) is 8.10. The van der Waals surface area contributed by atoms with E-state index in [0.29, 0.717) is 5.92 Å². The van der Waals surface area contributed by atoms with E-state index in [-0.39, 0.29) is 0 Å². The summed E-state index contributed by atoms with van der Waals surface area (Å²) >= 11 is 0. The van der Waals surface area contributed by atoms with Crippen LogP contribution in [0.25, 0.3) is 0 Å².